The standard InChI is InChI=1S/C15H19N3OS/c1-4-5-11-6-8-12(9-7-11)19-15-13(14(16)20)10(2)17-18(15)3/h6-9H,4-5H2,1-3H3,(H2,16,20). The zero-order chi connectivity index (χ0) is 14.7. The first-order chi connectivity index (χ1) is 9.52. The molecule has 2 aromatic rings. The van der Waals surface area contributed by atoms with E-state index in [1.807, 2.05) is 26.1 Å². The van der Waals surface area contributed by atoms with E-state index in [0.717, 1.165) is 24.3 Å². The van der Waals surface area contributed by atoms with Crippen LogP contribution < -0.4 is 10.5 Å². The van der Waals surface area contributed by atoms with E-state index in [0.29, 0.717) is 16.4 Å². The van der Waals surface area contributed by atoms with Gasteiger partial charge in [-0.15, -0.1) is 0 Å². The van der Waals surface area contributed by atoms with Gasteiger partial charge in [0.2, 0.25) is 5.88 Å². The number of hydrogen-bond donors (Lipinski definition) is 1. The Balaban J connectivity index is 2.28. The molecule has 5 heteroatoms. The molecule has 0 unspecified atom stereocenters. The highest BCUT2D eigenvalue weighted by Gasteiger charge is 2.17. The summed E-state index contributed by atoms with van der Waals surface area (Å²) in [7, 11) is 1.82. The van der Waals surface area contributed by atoms with E-state index in [9.17, 15) is 0 Å². The number of ether oxygens (including phenoxy) is 1. The van der Waals surface area contributed by atoms with Gasteiger partial charge in [-0.25, -0.2) is 4.68 Å². The molecule has 2 N–H and O–H groups in total. The lowest BCUT2D eigenvalue weighted by atomic mass is 10.1. The number of benzene rings is 1. The second kappa shape index (κ2) is 6.05. The van der Waals surface area contributed by atoms with Gasteiger partial charge in [-0.2, -0.15) is 5.10 Å². The van der Waals surface area contributed by atoms with Gasteiger partial charge in [0.05, 0.1) is 11.3 Å². The van der Waals surface area contributed by atoms with Crippen LogP contribution in [0.2, 0.25) is 0 Å². The van der Waals surface area contributed by atoms with Crippen LogP contribution in [0.25, 0.3) is 0 Å². The molecule has 2 rings (SSSR count). The van der Waals surface area contributed by atoms with Crippen LogP contribution in [0, 0.1) is 6.92 Å². The summed E-state index contributed by atoms with van der Waals surface area (Å²) in [5, 5.41) is 4.30. The molecule has 1 aromatic heterocycles. The predicted octanol–water partition coefficient (Wildman–Crippen LogP) is 3.11. The average Bonchev–Trinajstić information content (AvgIpc) is 2.67. The maximum absolute atomic E-state index is 5.89. The van der Waals surface area contributed by atoms with Crippen molar-refractivity contribution in [1.29, 1.82) is 0 Å². The molecule has 0 bridgehead atoms. The molecule has 0 saturated heterocycles. The minimum atomic E-state index is 0.299. The van der Waals surface area contributed by atoms with Crippen LogP contribution in [0.3, 0.4) is 0 Å². The lowest BCUT2D eigenvalue weighted by Gasteiger charge is -2.08. The highest BCUT2D eigenvalue weighted by atomic mass is 32.1. The Morgan fingerprint density at radius 3 is 2.55 bits per heavy atom. The molecule has 0 fully saturated rings. The lowest BCUT2D eigenvalue weighted by molar-refractivity contribution is 0.430. The second-order valence-electron chi connectivity index (χ2n) is 4.75. The predicted molar refractivity (Wildman–Crippen MR) is 84.3 cm³/mol. The molecule has 0 aliphatic rings. The van der Waals surface area contributed by atoms with Crippen LogP contribution in [-0.4, -0.2) is 14.8 Å². The van der Waals surface area contributed by atoms with Crippen molar-refractivity contribution in [2.24, 2.45) is 12.8 Å². The number of aryl methyl sites for hydroxylation is 3. The summed E-state index contributed by atoms with van der Waals surface area (Å²) >= 11 is 5.07. The zero-order valence-electron chi connectivity index (χ0n) is 12.0. The van der Waals surface area contributed by atoms with Crippen LogP contribution in [0.15, 0.2) is 24.3 Å². The minimum absolute atomic E-state index is 0.299. The minimum Gasteiger partial charge on any atom is -0.439 e. The van der Waals surface area contributed by atoms with E-state index in [1.165, 1.54) is 5.56 Å². The molecular weight excluding hydrogens is 270 g/mol. The summed E-state index contributed by atoms with van der Waals surface area (Å²) in [6.45, 7) is 4.03. The molecule has 0 radical (unpaired) electrons. The molecule has 1 heterocycles. The van der Waals surface area contributed by atoms with Gasteiger partial charge in [0.15, 0.2) is 0 Å². The van der Waals surface area contributed by atoms with Crippen LogP contribution in [0.4, 0.5) is 0 Å². The summed E-state index contributed by atoms with van der Waals surface area (Å²) in [5.41, 5.74) is 8.52. The highest BCUT2D eigenvalue weighted by molar-refractivity contribution is 7.80. The normalized spacial score (nSPS) is 10.6. The average molecular weight is 289 g/mol. The molecule has 0 spiro atoms. The highest BCUT2D eigenvalue weighted by Crippen LogP contribution is 2.27. The third-order valence-corrected chi connectivity index (χ3v) is 3.30. The molecule has 0 aliphatic carbocycles. The molecular formula is C15H19N3OS. The van der Waals surface area contributed by atoms with Crippen LogP contribution in [-0.2, 0) is 13.5 Å². The first-order valence-electron chi connectivity index (χ1n) is 6.63. The number of nitrogens with two attached hydrogens (primary N) is 1. The molecule has 0 saturated carbocycles. The summed E-state index contributed by atoms with van der Waals surface area (Å²) < 4.78 is 7.55. The summed E-state index contributed by atoms with van der Waals surface area (Å²) in [4.78, 5) is 0.299. The van der Waals surface area contributed by atoms with Gasteiger partial charge in [0, 0.05) is 7.05 Å². The van der Waals surface area contributed by atoms with Gasteiger partial charge in [-0.3, -0.25) is 0 Å². The van der Waals surface area contributed by atoms with Gasteiger partial charge in [0.1, 0.15) is 10.7 Å². The number of rotatable bonds is 5. The van der Waals surface area contributed by atoms with E-state index >= 15 is 0 Å². The van der Waals surface area contributed by atoms with Gasteiger partial charge in [-0.05, 0) is 31.0 Å². The van der Waals surface area contributed by atoms with Crippen molar-refractivity contribution in [2.75, 3.05) is 0 Å². The van der Waals surface area contributed by atoms with Crippen molar-refractivity contribution in [2.45, 2.75) is 26.7 Å². The summed E-state index contributed by atoms with van der Waals surface area (Å²) in [5.74, 6) is 1.34. The number of nitrogens with zero attached hydrogens (tertiary/aromatic N) is 2. The Bertz CT molecular complexity index is 617. The Morgan fingerprint density at radius 1 is 1.35 bits per heavy atom. The lowest BCUT2D eigenvalue weighted by Crippen LogP contribution is -2.11. The Hall–Kier alpha value is -1.88. The quantitative estimate of drug-likeness (QED) is 0.859. The van der Waals surface area contributed by atoms with Crippen LogP contribution in [0.1, 0.15) is 30.2 Å². The fourth-order valence-corrected chi connectivity index (χ4v) is 2.40. The maximum Gasteiger partial charge on any atom is 0.228 e. The van der Waals surface area contributed by atoms with Crippen molar-refractivity contribution >= 4 is 17.2 Å². The first-order valence-corrected chi connectivity index (χ1v) is 7.04. The summed E-state index contributed by atoms with van der Waals surface area (Å²) in [6.07, 6.45) is 2.20. The first kappa shape index (κ1) is 14.5. The van der Waals surface area contributed by atoms with Crippen molar-refractivity contribution in [3.63, 3.8) is 0 Å². The molecule has 4 nitrogen and oxygen atoms in total. The van der Waals surface area contributed by atoms with E-state index in [1.54, 1.807) is 4.68 Å². The SMILES string of the molecule is CCCc1ccc(Oc2c(C(N)=S)c(C)nn2C)cc1. The third kappa shape index (κ3) is 2.99. The van der Waals surface area contributed by atoms with E-state index in [-0.39, 0.29) is 0 Å². The largest absolute Gasteiger partial charge is 0.439 e. The molecule has 106 valence electrons. The van der Waals surface area contributed by atoms with Gasteiger partial charge in [-0.1, -0.05) is 37.7 Å². The van der Waals surface area contributed by atoms with Crippen molar-refractivity contribution in [3.8, 4) is 11.6 Å². The fourth-order valence-electron chi connectivity index (χ4n) is 2.16. The Labute approximate surface area is 124 Å². The van der Waals surface area contributed by atoms with Crippen LogP contribution in [0.5, 0.6) is 11.6 Å². The van der Waals surface area contributed by atoms with Crippen LogP contribution >= 0.6 is 12.2 Å². The van der Waals surface area contributed by atoms with Crippen molar-refractivity contribution in [1.82, 2.24) is 9.78 Å². The maximum atomic E-state index is 5.89. The molecule has 0 aliphatic heterocycles. The number of aromatic nitrogens is 2. The third-order valence-electron chi connectivity index (χ3n) is 3.09. The van der Waals surface area contributed by atoms with E-state index in [4.69, 9.17) is 22.7 Å². The molecule has 1 aromatic carbocycles. The van der Waals surface area contributed by atoms with Gasteiger partial charge < -0.3 is 10.5 Å². The topological polar surface area (TPSA) is 53.1 Å². The Morgan fingerprint density at radius 2 is 2.00 bits per heavy atom. The number of hydrogen-bond acceptors (Lipinski definition) is 3. The zero-order valence-corrected chi connectivity index (χ0v) is 12.8. The van der Waals surface area contributed by atoms with Crippen molar-refractivity contribution in [3.05, 3.63) is 41.1 Å². The second-order valence-corrected chi connectivity index (χ2v) is 5.19. The van der Waals surface area contributed by atoms with E-state index in [2.05, 4.69) is 24.2 Å². The number of thiocarbonyl (C=S) groups is 1. The van der Waals surface area contributed by atoms with Gasteiger partial charge in [0.25, 0.3) is 0 Å². The molecule has 0 amide bonds. The molecule has 20 heavy (non-hydrogen) atoms. The van der Waals surface area contributed by atoms with E-state index < -0.39 is 0 Å². The fraction of sp³-hybridized carbons (Fsp3) is 0.333. The van der Waals surface area contributed by atoms with Gasteiger partial charge >= 0.3 is 0 Å². The smallest absolute Gasteiger partial charge is 0.228 e. The summed E-state index contributed by atoms with van der Waals surface area (Å²) in [6, 6.07) is 8.05. The monoisotopic (exact) mass is 289 g/mol. The van der Waals surface area contributed by atoms with Crippen molar-refractivity contribution < 1.29 is 4.74 Å². The molecule has 0 atom stereocenters. The Kier molecular flexibility index (Phi) is 4.39.